The number of aliphatic hydroxyl groups excluding tert-OH is 1. The van der Waals surface area contributed by atoms with Gasteiger partial charge in [0.1, 0.15) is 0 Å². The highest BCUT2D eigenvalue weighted by Crippen LogP contribution is 2.48. The van der Waals surface area contributed by atoms with Crippen molar-refractivity contribution in [3.05, 3.63) is 23.8 Å². The molecule has 2 aliphatic carbocycles. The molecule has 0 bridgehead atoms. The number of rotatable bonds is 11. The van der Waals surface area contributed by atoms with E-state index in [-0.39, 0.29) is 17.9 Å². The lowest BCUT2D eigenvalue weighted by atomic mass is 9.87. The van der Waals surface area contributed by atoms with Gasteiger partial charge in [-0.05, 0) is 63.7 Å². The second-order valence-corrected chi connectivity index (χ2v) is 8.64. The highest BCUT2D eigenvalue weighted by molar-refractivity contribution is 5.73. The monoisotopic (exact) mass is 363 g/mol. The van der Waals surface area contributed by atoms with Crippen LogP contribution in [0.15, 0.2) is 23.8 Å². The van der Waals surface area contributed by atoms with Crippen LogP contribution in [0.2, 0.25) is 0 Å². The molecule has 148 valence electrons. The Labute approximate surface area is 158 Å². The Morgan fingerprint density at radius 3 is 2.85 bits per heavy atom. The van der Waals surface area contributed by atoms with Crippen LogP contribution in [0.5, 0.6) is 0 Å². The van der Waals surface area contributed by atoms with Crippen molar-refractivity contribution in [1.29, 1.82) is 0 Å². The lowest BCUT2D eigenvalue weighted by Crippen LogP contribution is -2.23. The fourth-order valence-electron chi connectivity index (χ4n) is 4.58. The van der Waals surface area contributed by atoms with Gasteiger partial charge in [-0.2, -0.15) is 0 Å². The van der Waals surface area contributed by atoms with Gasteiger partial charge in [-0.25, -0.2) is 0 Å². The second-order valence-electron chi connectivity index (χ2n) is 8.64. The van der Waals surface area contributed by atoms with Crippen LogP contribution in [-0.2, 0) is 4.79 Å². The van der Waals surface area contributed by atoms with E-state index in [2.05, 4.69) is 25.2 Å². The lowest BCUT2D eigenvalue weighted by molar-refractivity contribution is -0.118. The van der Waals surface area contributed by atoms with Gasteiger partial charge in [0.15, 0.2) is 0 Å². The van der Waals surface area contributed by atoms with E-state index in [0.717, 1.165) is 51.4 Å². The molecule has 2 aliphatic rings. The Kier molecular flexibility index (Phi) is 7.90. The van der Waals surface area contributed by atoms with Gasteiger partial charge in [-0.3, -0.25) is 4.79 Å². The largest absolute Gasteiger partial charge is 0.392 e. The topological polar surface area (TPSA) is 83.6 Å². The van der Waals surface area contributed by atoms with E-state index in [1.165, 1.54) is 5.57 Å². The normalized spacial score (nSPS) is 30.4. The zero-order valence-corrected chi connectivity index (χ0v) is 16.5. The van der Waals surface area contributed by atoms with Crippen molar-refractivity contribution < 1.29 is 15.0 Å². The minimum atomic E-state index is -0.644. The van der Waals surface area contributed by atoms with E-state index in [1.807, 2.05) is 6.92 Å². The van der Waals surface area contributed by atoms with Gasteiger partial charge in [0.2, 0.25) is 5.91 Å². The van der Waals surface area contributed by atoms with Crippen LogP contribution in [-0.4, -0.2) is 27.8 Å². The number of hydrogen-bond acceptors (Lipinski definition) is 3. The van der Waals surface area contributed by atoms with Crippen LogP contribution in [0.4, 0.5) is 0 Å². The first-order valence-electron chi connectivity index (χ1n) is 10.4. The first-order chi connectivity index (χ1) is 12.3. The number of unbranched alkanes of at least 4 members (excludes halogenated alkanes) is 2. The summed E-state index contributed by atoms with van der Waals surface area (Å²) in [7, 11) is 0. The standard InChI is InChI=1S/C22H37NO3/c1-3-4-11-22(2,26)12-7-9-18-19-14-16(8-5-6-10-21(23)25)13-17(19)15-20(18)24/h7,9,13,17-20,24,26H,3-6,8,10-12,14-15H2,1-2H3,(H2,23,25)/b9-7+. The van der Waals surface area contributed by atoms with Crippen LogP contribution in [0.25, 0.3) is 0 Å². The Morgan fingerprint density at radius 1 is 1.38 bits per heavy atom. The minimum absolute atomic E-state index is 0.196. The van der Waals surface area contributed by atoms with Gasteiger partial charge in [0, 0.05) is 12.3 Å². The number of nitrogens with two attached hydrogens (primary N) is 1. The smallest absolute Gasteiger partial charge is 0.217 e. The van der Waals surface area contributed by atoms with Crippen LogP contribution >= 0.6 is 0 Å². The lowest BCUT2D eigenvalue weighted by Gasteiger charge is -2.22. The second kappa shape index (κ2) is 9.70. The van der Waals surface area contributed by atoms with E-state index in [0.29, 0.717) is 24.7 Å². The molecule has 1 amide bonds. The molecule has 5 unspecified atom stereocenters. The van der Waals surface area contributed by atoms with Crippen LogP contribution in [0, 0.1) is 17.8 Å². The number of carbonyl (C=O) groups excluding carboxylic acids is 1. The van der Waals surface area contributed by atoms with Gasteiger partial charge in [-0.15, -0.1) is 0 Å². The fraction of sp³-hybridized carbons (Fsp3) is 0.773. The molecule has 0 spiro atoms. The molecule has 0 aromatic heterocycles. The summed E-state index contributed by atoms with van der Waals surface area (Å²) in [6.07, 6.45) is 15.2. The van der Waals surface area contributed by atoms with E-state index in [1.54, 1.807) is 0 Å². The van der Waals surface area contributed by atoms with Crippen molar-refractivity contribution in [2.75, 3.05) is 0 Å². The summed E-state index contributed by atoms with van der Waals surface area (Å²) in [4.78, 5) is 10.8. The number of allylic oxidation sites excluding steroid dienone is 2. The maximum atomic E-state index is 10.8. The van der Waals surface area contributed by atoms with Crippen molar-refractivity contribution in [3.8, 4) is 0 Å². The first kappa shape index (κ1) is 21.2. The highest BCUT2D eigenvalue weighted by atomic mass is 16.3. The molecule has 0 aromatic rings. The van der Waals surface area contributed by atoms with Crippen LogP contribution in [0.3, 0.4) is 0 Å². The summed E-state index contributed by atoms with van der Waals surface area (Å²) in [5.41, 5.74) is 6.02. The Morgan fingerprint density at radius 2 is 2.15 bits per heavy atom. The quantitative estimate of drug-likeness (QED) is 0.385. The van der Waals surface area contributed by atoms with E-state index in [9.17, 15) is 15.0 Å². The zero-order chi connectivity index (χ0) is 19.2. The molecule has 4 N–H and O–H groups in total. The molecular weight excluding hydrogens is 326 g/mol. The van der Waals surface area contributed by atoms with E-state index in [4.69, 9.17) is 5.73 Å². The number of hydrogen-bond donors (Lipinski definition) is 3. The SMILES string of the molecule is CCCCC(C)(O)C/C=C/C1C(O)CC2C=C(CCCCC(N)=O)CC21. The van der Waals surface area contributed by atoms with Crippen molar-refractivity contribution in [2.24, 2.45) is 23.5 Å². The zero-order valence-electron chi connectivity index (χ0n) is 16.5. The summed E-state index contributed by atoms with van der Waals surface area (Å²) in [6, 6.07) is 0. The van der Waals surface area contributed by atoms with Crippen molar-refractivity contribution >= 4 is 5.91 Å². The third kappa shape index (κ3) is 6.24. The number of amides is 1. The molecule has 4 heteroatoms. The molecule has 0 heterocycles. The van der Waals surface area contributed by atoms with E-state index < -0.39 is 5.60 Å². The molecular formula is C22H37NO3. The molecule has 26 heavy (non-hydrogen) atoms. The van der Waals surface area contributed by atoms with Gasteiger partial charge in [-0.1, -0.05) is 43.6 Å². The van der Waals surface area contributed by atoms with Crippen LogP contribution < -0.4 is 5.73 Å². The van der Waals surface area contributed by atoms with Gasteiger partial charge >= 0.3 is 0 Å². The number of carbonyl (C=O) groups is 1. The fourth-order valence-corrected chi connectivity index (χ4v) is 4.58. The molecule has 0 radical (unpaired) electrons. The van der Waals surface area contributed by atoms with E-state index >= 15 is 0 Å². The summed E-state index contributed by atoms with van der Waals surface area (Å²) in [5, 5.41) is 20.9. The summed E-state index contributed by atoms with van der Waals surface area (Å²) in [5.74, 6) is 0.950. The maximum absolute atomic E-state index is 10.8. The molecule has 1 saturated carbocycles. The minimum Gasteiger partial charge on any atom is -0.392 e. The molecule has 0 aromatic carbocycles. The molecule has 0 aliphatic heterocycles. The number of primary amides is 1. The van der Waals surface area contributed by atoms with Gasteiger partial charge in [0.25, 0.3) is 0 Å². The van der Waals surface area contributed by atoms with Crippen molar-refractivity contribution in [3.63, 3.8) is 0 Å². The average Bonchev–Trinajstić information content (AvgIpc) is 3.07. The highest BCUT2D eigenvalue weighted by Gasteiger charge is 2.43. The van der Waals surface area contributed by atoms with Gasteiger partial charge in [0.05, 0.1) is 11.7 Å². The maximum Gasteiger partial charge on any atom is 0.217 e. The predicted octanol–water partition coefficient (Wildman–Crippen LogP) is 3.86. The van der Waals surface area contributed by atoms with Gasteiger partial charge < -0.3 is 15.9 Å². The molecule has 5 atom stereocenters. The number of fused-ring (bicyclic) bond motifs is 1. The Balaban J connectivity index is 1.81. The summed E-state index contributed by atoms with van der Waals surface area (Å²) < 4.78 is 0. The van der Waals surface area contributed by atoms with Crippen molar-refractivity contribution in [1.82, 2.24) is 0 Å². The molecule has 0 saturated heterocycles. The number of aliphatic hydroxyl groups is 2. The summed E-state index contributed by atoms with van der Waals surface area (Å²) in [6.45, 7) is 4.04. The molecule has 4 nitrogen and oxygen atoms in total. The Hall–Kier alpha value is -1.13. The average molecular weight is 364 g/mol. The van der Waals surface area contributed by atoms with Crippen molar-refractivity contribution in [2.45, 2.75) is 89.8 Å². The summed E-state index contributed by atoms with van der Waals surface area (Å²) >= 11 is 0. The molecule has 2 rings (SSSR count). The molecule has 1 fully saturated rings. The van der Waals surface area contributed by atoms with Crippen LogP contribution in [0.1, 0.15) is 78.1 Å². The third-order valence-electron chi connectivity index (χ3n) is 6.11. The predicted molar refractivity (Wildman–Crippen MR) is 105 cm³/mol. The third-order valence-corrected chi connectivity index (χ3v) is 6.11. The first-order valence-corrected chi connectivity index (χ1v) is 10.4. The Bertz CT molecular complexity index is 523.